The number of nitrogens with two attached hydrogens (primary N) is 1. The summed E-state index contributed by atoms with van der Waals surface area (Å²) in [5.74, 6) is 0.401. The second-order valence-corrected chi connectivity index (χ2v) is 9.76. The van der Waals surface area contributed by atoms with Crippen molar-refractivity contribution in [2.75, 3.05) is 10.0 Å². The van der Waals surface area contributed by atoms with Gasteiger partial charge in [-0.15, -0.1) is 0 Å². The van der Waals surface area contributed by atoms with E-state index < -0.39 is 16.1 Å². The Morgan fingerprint density at radius 2 is 1.81 bits per heavy atom. The zero-order chi connectivity index (χ0) is 22.2. The van der Waals surface area contributed by atoms with E-state index in [0.717, 1.165) is 5.56 Å². The van der Waals surface area contributed by atoms with Gasteiger partial charge >= 0.3 is 0 Å². The van der Waals surface area contributed by atoms with E-state index in [2.05, 4.69) is 15.1 Å². The maximum absolute atomic E-state index is 13.7. The van der Waals surface area contributed by atoms with E-state index in [-0.39, 0.29) is 22.6 Å². The highest BCUT2D eigenvalue weighted by Crippen LogP contribution is 2.33. The van der Waals surface area contributed by atoms with Crippen molar-refractivity contribution < 1.29 is 13.5 Å². The molecule has 0 saturated heterocycles. The second-order valence-electron chi connectivity index (χ2n) is 7.94. The molecule has 2 heterocycles. The first-order chi connectivity index (χ1) is 14.8. The van der Waals surface area contributed by atoms with Crippen LogP contribution in [0.15, 0.2) is 47.8 Å². The highest BCUT2D eigenvalue weighted by atomic mass is 32.2. The Hall–Kier alpha value is -2.98. The summed E-state index contributed by atoms with van der Waals surface area (Å²) in [6, 6.07) is 6.40. The molecule has 0 bridgehead atoms. The molecule has 0 atom stereocenters. The first-order valence-electron chi connectivity index (χ1n) is 10.2. The summed E-state index contributed by atoms with van der Waals surface area (Å²) in [6.07, 6.45) is 6.46. The van der Waals surface area contributed by atoms with Crippen molar-refractivity contribution in [2.45, 2.75) is 49.6 Å². The molecule has 2 aromatic heterocycles. The molecule has 1 fully saturated rings. The van der Waals surface area contributed by atoms with E-state index in [0.29, 0.717) is 36.9 Å². The van der Waals surface area contributed by atoms with Gasteiger partial charge in [0.05, 0.1) is 23.4 Å². The van der Waals surface area contributed by atoms with Gasteiger partial charge in [-0.25, -0.2) is 22.7 Å². The van der Waals surface area contributed by atoms with Gasteiger partial charge in [-0.3, -0.25) is 4.68 Å². The van der Waals surface area contributed by atoms with Crippen LogP contribution in [0.2, 0.25) is 0 Å². The third-order valence-electron chi connectivity index (χ3n) is 5.57. The smallest absolute Gasteiger partial charge is 0.265 e. The highest BCUT2D eigenvalue weighted by molar-refractivity contribution is 7.92. The Morgan fingerprint density at radius 3 is 2.42 bits per heavy atom. The van der Waals surface area contributed by atoms with Crippen LogP contribution in [-0.2, 0) is 17.1 Å². The van der Waals surface area contributed by atoms with Gasteiger partial charge in [0.25, 0.3) is 10.0 Å². The minimum atomic E-state index is -3.91. The topological polar surface area (TPSA) is 127 Å². The van der Waals surface area contributed by atoms with Gasteiger partial charge in [-0.2, -0.15) is 5.10 Å². The van der Waals surface area contributed by atoms with Crippen LogP contribution < -0.4 is 10.0 Å². The Kier molecular flexibility index (Phi) is 5.67. The molecule has 1 aliphatic rings. The zero-order valence-electron chi connectivity index (χ0n) is 17.5. The first kappa shape index (κ1) is 21.3. The number of sulfonamides is 1. The number of nitrogen functional groups attached to an aromatic ring is 1. The van der Waals surface area contributed by atoms with E-state index in [1.165, 1.54) is 10.5 Å². The summed E-state index contributed by atoms with van der Waals surface area (Å²) in [7, 11) is -2.13. The number of aliphatic hydroxyl groups excluding tert-OH is 1. The summed E-state index contributed by atoms with van der Waals surface area (Å²) in [5, 5.41) is 14.1. The van der Waals surface area contributed by atoms with Crippen LogP contribution in [-0.4, -0.2) is 45.4 Å². The van der Waals surface area contributed by atoms with Crippen LogP contribution >= 0.6 is 0 Å². The van der Waals surface area contributed by atoms with Crippen LogP contribution in [0.4, 0.5) is 11.6 Å². The summed E-state index contributed by atoms with van der Waals surface area (Å²) in [5.41, 5.74) is 8.06. The molecule has 3 aromatic rings. The van der Waals surface area contributed by atoms with Crippen molar-refractivity contribution in [3.8, 4) is 11.3 Å². The van der Waals surface area contributed by atoms with E-state index in [1.807, 2.05) is 6.92 Å². The summed E-state index contributed by atoms with van der Waals surface area (Å²) in [4.78, 5) is 9.03. The lowest BCUT2D eigenvalue weighted by Crippen LogP contribution is -2.43. The fourth-order valence-corrected chi connectivity index (χ4v) is 5.52. The Balaban J connectivity index is 1.82. The van der Waals surface area contributed by atoms with Crippen LogP contribution in [0.1, 0.15) is 31.2 Å². The molecule has 4 rings (SSSR count). The predicted molar refractivity (Wildman–Crippen MR) is 118 cm³/mol. The molecule has 0 amide bonds. The van der Waals surface area contributed by atoms with Gasteiger partial charge in [-0.05, 0) is 44.7 Å². The molecule has 1 saturated carbocycles. The molecule has 1 aromatic carbocycles. The van der Waals surface area contributed by atoms with Crippen molar-refractivity contribution in [2.24, 2.45) is 7.05 Å². The third kappa shape index (κ3) is 4.26. The van der Waals surface area contributed by atoms with Crippen molar-refractivity contribution in [1.29, 1.82) is 0 Å². The van der Waals surface area contributed by atoms with Gasteiger partial charge in [0.2, 0.25) is 0 Å². The number of anilines is 2. The van der Waals surface area contributed by atoms with Gasteiger partial charge in [0.1, 0.15) is 11.5 Å². The maximum Gasteiger partial charge on any atom is 0.265 e. The molecule has 10 heteroatoms. The van der Waals surface area contributed by atoms with Crippen molar-refractivity contribution >= 4 is 21.7 Å². The lowest BCUT2D eigenvalue weighted by Gasteiger charge is -2.35. The molecule has 0 radical (unpaired) electrons. The predicted octanol–water partition coefficient (Wildman–Crippen LogP) is 2.27. The number of rotatable bonds is 5. The molecule has 3 N–H and O–H groups in total. The largest absolute Gasteiger partial charge is 0.393 e. The quantitative estimate of drug-likeness (QED) is 0.620. The normalized spacial score (nSPS) is 19.3. The monoisotopic (exact) mass is 442 g/mol. The highest BCUT2D eigenvalue weighted by Gasteiger charge is 2.35. The van der Waals surface area contributed by atoms with Crippen LogP contribution in [0.3, 0.4) is 0 Å². The Bertz CT molecular complexity index is 1170. The first-order valence-corrected chi connectivity index (χ1v) is 11.6. The molecule has 0 aliphatic heterocycles. The second kappa shape index (κ2) is 8.27. The molecule has 0 unspecified atom stereocenters. The summed E-state index contributed by atoms with van der Waals surface area (Å²) >= 11 is 0. The minimum Gasteiger partial charge on any atom is -0.393 e. The maximum atomic E-state index is 13.7. The van der Waals surface area contributed by atoms with Crippen molar-refractivity contribution in [3.63, 3.8) is 0 Å². The molecular weight excluding hydrogens is 416 g/mol. The number of aliphatic hydroxyl groups is 1. The van der Waals surface area contributed by atoms with Crippen molar-refractivity contribution in [3.05, 3.63) is 48.4 Å². The molecule has 164 valence electrons. The molecule has 31 heavy (non-hydrogen) atoms. The van der Waals surface area contributed by atoms with Crippen LogP contribution in [0.5, 0.6) is 0 Å². The van der Waals surface area contributed by atoms with E-state index in [9.17, 15) is 13.5 Å². The number of hydrogen-bond donors (Lipinski definition) is 2. The lowest BCUT2D eigenvalue weighted by molar-refractivity contribution is 0.124. The summed E-state index contributed by atoms with van der Waals surface area (Å²) in [6.45, 7) is 1.91. The zero-order valence-corrected chi connectivity index (χ0v) is 18.3. The average Bonchev–Trinajstić information content (AvgIpc) is 3.17. The Morgan fingerprint density at radius 1 is 1.13 bits per heavy atom. The number of nitrogens with zero attached hydrogens (tertiary/aromatic N) is 5. The molecule has 1 aliphatic carbocycles. The van der Waals surface area contributed by atoms with Crippen LogP contribution in [0.25, 0.3) is 11.3 Å². The van der Waals surface area contributed by atoms with Crippen LogP contribution in [0, 0.1) is 6.92 Å². The van der Waals surface area contributed by atoms with E-state index >= 15 is 0 Å². The standard InChI is InChI=1S/C21H26N6O3S/c1-14-3-9-18(10-4-14)31(29,30)27(16-5-7-17(28)8-6-16)19-12-23-21(22)20(25-19)15-11-24-26(2)13-15/h3-4,9-13,16-17,28H,5-8H2,1-2H3,(H2,22,23). The minimum absolute atomic E-state index is 0.186. The van der Waals surface area contributed by atoms with Gasteiger partial charge in [0.15, 0.2) is 5.82 Å². The third-order valence-corrected chi connectivity index (χ3v) is 7.44. The lowest BCUT2D eigenvalue weighted by atomic mass is 9.93. The molecule has 0 spiro atoms. The fourth-order valence-electron chi connectivity index (χ4n) is 3.87. The van der Waals surface area contributed by atoms with Crippen molar-refractivity contribution in [1.82, 2.24) is 19.7 Å². The van der Waals surface area contributed by atoms with E-state index in [1.54, 1.807) is 48.4 Å². The number of aryl methyl sites for hydroxylation is 2. The van der Waals surface area contributed by atoms with Gasteiger partial charge in [-0.1, -0.05) is 17.7 Å². The average molecular weight is 443 g/mol. The summed E-state index contributed by atoms with van der Waals surface area (Å²) < 4.78 is 30.4. The number of benzene rings is 1. The SMILES string of the molecule is Cc1ccc(S(=O)(=O)N(c2cnc(N)c(-c3cnn(C)c3)n2)C2CCC(O)CC2)cc1. The number of hydrogen-bond acceptors (Lipinski definition) is 7. The Labute approximate surface area is 181 Å². The van der Waals surface area contributed by atoms with Gasteiger partial charge < -0.3 is 10.8 Å². The van der Waals surface area contributed by atoms with Gasteiger partial charge in [0, 0.05) is 24.8 Å². The van der Waals surface area contributed by atoms with E-state index in [4.69, 9.17) is 5.73 Å². The molecule has 9 nitrogen and oxygen atoms in total. The fraction of sp³-hybridized carbons (Fsp3) is 0.381. The molecular formula is C21H26N6O3S. The number of aromatic nitrogens is 4.